The molecular formula is C18H24N2O7. The summed E-state index contributed by atoms with van der Waals surface area (Å²) in [6.07, 6.45) is 0. The molecule has 27 heavy (non-hydrogen) atoms. The molecule has 0 spiro atoms. The van der Waals surface area contributed by atoms with Gasteiger partial charge >= 0.3 is 11.9 Å². The molecule has 0 bridgehead atoms. The number of carboxylic acids is 1. The normalized spacial score (nSPS) is 19.5. The third kappa shape index (κ3) is 4.03. The van der Waals surface area contributed by atoms with Gasteiger partial charge in [-0.25, -0.2) is 9.59 Å². The molecule has 2 atom stereocenters. The van der Waals surface area contributed by atoms with Gasteiger partial charge in [0.15, 0.2) is 11.5 Å². The number of hydrogen-bond acceptors (Lipinski definition) is 7. The first-order chi connectivity index (χ1) is 12.7. The van der Waals surface area contributed by atoms with E-state index in [0.29, 0.717) is 17.2 Å². The fourth-order valence-electron chi connectivity index (χ4n) is 2.73. The maximum atomic E-state index is 11.7. The molecule has 1 saturated heterocycles. The summed E-state index contributed by atoms with van der Waals surface area (Å²) in [4.78, 5) is 34.1. The molecule has 0 radical (unpaired) electrons. The van der Waals surface area contributed by atoms with Crippen LogP contribution in [-0.2, 0) is 9.59 Å². The highest BCUT2D eigenvalue weighted by atomic mass is 16.5. The molecule has 1 aromatic carbocycles. The van der Waals surface area contributed by atoms with Crippen LogP contribution in [0.1, 0.15) is 13.8 Å². The number of benzene rings is 1. The molecule has 0 aromatic heterocycles. The van der Waals surface area contributed by atoms with Gasteiger partial charge in [0.05, 0.1) is 27.9 Å². The zero-order valence-corrected chi connectivity index (χ0v) is 16.0. The highest BCUT2D eigenvalue weighted by molar-refractivity contribution is 6.04. The Morgan fingerprint density at radius 3 is 2.00 bits per heavy atom. The van der Waals surface area contributed by atoms with Gasteiger partial charge in [0.1, 0.15) is 17.7 Å². The van der Waals surface area contributed by atoms with Crippen molar-refractivity contribution in [1.29, 1.82) is 0 Å². The molecule has 9 nitrogen and oxygen atoms in total. The van der Waals surface area contributed by atoms with Crippen molar-refractivity contribution in [3.63, 3.8) is 0 Å². The number of quaternary nitrogens is 1. The van der Waals surface area contributed by atoms with E-state index in [4.69, 9.17) is 14.2 Å². The molecule has 0 aliphatic carbocycles. The van der Waals surface area contributed by atoms with Crippen LogP contribution in [0.5, 0.6) is 17.2 Å². The number of methoxy groups -OCH3 is 3. The zero-order chi connectivity index (χ0) is 20.8. The molecule has 1 aromatic rings. The van der Waals surface area contributed by atoms with Gasteiger partial charge in [-0.1, -0.05) is 12.6 Å². The number of imide groups is 1. The van der Waals surface area contributed by atoms with Crippen LogP contribution in [0.25, 0.3) is 0 Å². The smallest absolute Gasteiger partial charge is 0.429 e. The monoisotopic (exact) mass is 380 g/mol. The van der Waals surface area contributed by atoms with Gasteiger partial charge in [-0.05, 0) is 26.0 Å². The Kier molecular flexibility index (Phi) is 7.36. The summed E-state index contributed by atoms with van der Waals surface area (Å²) in [7, 11) is 4.77. The average Bonchev–Trinajstić information content (AvgIpc) is 2.89. The van der Waals surface area contributed by atoms with Crippen molar-refractivity contribution < 1.29 is 38.2 Å². The largest absolute Gasteiger partial charge is 0.544 e. The van der Waals surface area contributed by atoms with Gasteiger partial charge in [-0.15, -0.1) is 0 Å². The van der Waals surface area contributed by atoms with Gasteiger partial charge < -0.3 is 24.1 Å². The second kappa shape index (κ2) is 9.04. The summed E-state index contributed by atoms with van der Waals surface area (Å²) in [5, 5.41) is 13.0. The van der Waals surface area contributed by atoms with Crippen LogP contribution in [0.3, 0.4) is 0 Å². The number of ether oxygens (including phenoxy) is 3. The zero-order valence-electron chi connectivity index (χ0n) is 16.0. The second-order valence-electron chi connectivity index (χ2n) is 5.59. The first-order valence-corrected chi connectivity index (χ1v) is 8.10. The third-order valence-electron chi connectivity index (χ3n) is 4.33. The summed E-state index contributed by atoms with van der Waals surface area (Å²) < 4.78 is 14.5. The average molecular weight is 380 g/mol. The first-order valence-electron chi connectivity index (χ1n) is 8.10. The molecule has 9 heteroatoms. The minimum atomic E-state index is -1.44. The number of para-hydroxylation sites is 1. The Hall–Kier alpha value is -3.07. The van der Waals surface area contributed by atoms with Gasteiger partial charge in [-0.2, -0.15) is 4.48 Å². The molecule has 2 unspecified atom stereocenters. The summed E-state index contributed by atoms with van der Waals surface area (Å²) >= 11 is 0. The van der Waals surface area contributed by atoms with Crippen LogP contribution in [-0.4, -0.2) is 56.3 Å². The number of hydrogen-bond donors (Lipinski definition) is 1. The Labute approximate surface area is 157 Å². The van der Waals surface area contributed by atoms with Crippen LogP contribution >= 0.6 is 0 Å². The van der Waals surface area contributed by atoms with E-state index in [2.05, 4.69) is 11.9 Å². The highest BCUT2D eigenvalue weighted by Crippen LogP contribution is 2.36. The molecule has 3 amide bonds. The first kappa shape index (κ1) is 22.0. The lowest BCUT2D eigenvalue weighted by Crippen LogP contribution is -2.63. The number of carbonyl (C=O) groups is 3. The minimum Gasteiger partial charge on any atom is -0.544 e. The standard InChI is InChI=1S/C9H12N2O4.C9H12O3/c1-4-11(6(3)8(13)14)7(12)5(2)10-9(11)15;1-10-7-5-4-6-8(11-2)9(7)12-3/h6H,2,4H2,1,3H3,(H-,10,13,14,15);4-6H,1-3H3. The SMILES string of the molecule is C=C1NC(=O)[N+](CC)(C(C)C(=O)[O-])C1=O.COc1cccc(OC)c1OC. The molecule has 0 saturated carbocycles. The van der Waals surface area contributed by atoms with Crippen LogP contribution in [0.15, 0.2) is 30.5 Å². The van der Waals surface area contributed by atoms with Crippen molar-refractivity contribution in [2.45, 2.75) is 19.9 Å². The number of carboxylic acid groups (broad SMARTS) is 1. The molecular weight excluding hydrogens is 356 g/mol. The lowest BCUT2D eigenvalue weighted by Gasteiger charge is -2.32. The summed E-state index contributed by atoms with van der Waals surface area (Å²) in [5.41, 5.74) is -0.0741. The van der Waals surface area contributed by atoms with E-state index in [0.717, 1.165) is 0 Å². The van der Waals surface area contributed by atoms with Crippen LogP contribution in [0.4, 0.5) is 4.79 Å². The molecule has 1 aliphatic rings. The number of likely N-dealkylation sites (N-methyl/N-ethyl adjacent to an activating group) is 1. The van der Waals surface area contributed by atoms with Crippen molar-refractivity contribution in [2.24, 2.45) is 0 Å². The number of aliphatic carboxylic acids is 1. The third-order valence-corrected chi connectivity index (χ3v) is 4.33. The maximum Gasteiger partial charge on any atom is 0.429 e. The number of nitrogens with zero attached hydrogens (tertiary/aromatic N) is 1. The highest BCUT2D eigenvalue weighted by Gasteiger charge is 2.55. The summed E-state index contributed by atoms with van der Waals surface area (Å²) in [6.45, 7) is 6.25. The van der Waals surface area contributed by atoms with Gasteiger partial charge in [-0.3, -0.25) is 5.32 Å². The van der Waals surface area contributed by atoms with Crippen molar-refractivity contribution in [3.05, 3.63) is 30.5 Å². The molecule has 1 fully saturated rings. The topological polar surface area (TPSA) is 114 Å². The predicted octanol–water partition coefficient (Wildman–Crippen LogP) is 0.437. The van der Waals surface area contributed by atoms with E-state index >= 15 is 0 Å². The number of carbonyl (C=O) groups excluding carboxylic acids is 3. The van der Waals surface area contributed by atoms with E-state index in [1.165, 1.54) is 6.92 Å². The van der Waals surface area contributed by atoms with Crippen molar-refractivity contribution >= 4 is 17.9 Å². The van der Waals surface area contributed by atoms with Gasteiger partial charge in [0.25, 0.3) is 0 Å². The lowest BCUT2D eigenvalue weighted by atomic mass is 10.2. The lowest BCUT2D eigenvalue weighted by molar-refractivity contribution is -0.784. The van der Waals surface area contributed by atoms with Crippen molar-refractivity contribution in [1.82, 2.24) is 5.32 Å². The number of urea groups is 1. The number of rotatable bonds is 6. The van der Waals surface area contributed by atoms with Crippen LogP contribution in [0, 0.1) is 0 Å². The quantitative estimate of drug-likeness (QED) is 0.433. The number of nitrogens with one attached hydrogen (secondary N) is 1. The minimum absolute atomic E-state index is 0.0544. The molecule has 1 heterocycles. The van der Waals surface area contributed by atoms with Crippen LogP contribution in [0.2, 0.25) is 0 Å². The van der Waals surface area contributed by atoms with E-state index in [1.54, 1.807) is 28.3 Å². The van der Waals surface area contributed by atoms with Crippen LogP contribution < -0.4 is 24.6 Å². The van der Waals surface area contributed by atoms with E-state index in [-0.39, 0.29) is 12.2 Å². The second-order valence-corrected chi connectivity index (χ2v) is 5.59. The van der Waals surface area contributed by atoms with E-state index in [1.807, 2.05) is 18.2 Å². The Balaban J connectivity index is 0.000000277. The Bertz CT molecular complexity index is 725. The Morgan fingerprint density at radius 1 is 1.19 bits per heavy atom. The number of amides is 3. The molecule has 148 valence electrons. The van der Waals surface area contributed by atoms with Gasteiger partial charge in [0.2, 0.25) is 5.75 Å². The molecule has 1 aliphatic heterocycles. The fourth-order valence-corrected chi connectivity index (χ4v) is 2.73. The summed E-state index contributed by atoms with van der Waals surface area (Å²) in [5.74, 6) is -0.0644. The van der Waals surface area contributed by atoms with Crippen molar-refractivity contribution in [2.75, 3.05) is 27.9 Å². The maximum absolute atomic E-state index is 11.7. The van der Waals surface area contributed by atoms with Crippen molar-refractivity contribution in [3.8, 4) is 17.2 Å². The van der Waals surface area contributed by atoms with E-state index < -0.39 is 28.4 Å². The van der Waals surface area contributed by atoms with Gasteiger partial charge in [0, 0.05) is 0 Å². The molecule has 1 N–H and O–H groups in total. The summed E-state index contributed by atoms with van der Waals surface area (Å²) in [6, 6.07) is 3.61. The molecule has 2 rings (SSSR count). The predicted molar refractivity (Wildman–Crippen MR) is 94.0 cm³/mol. The fraction of sp³-hybridized carbons (Fsp3) is 0.389. The van der Waals surface area contributed by atoms with E-state index in [9.17, 15) is 19.5 Å². The Morgan fingerprint density at radius 2 is 1.70 bits per heavy atom.